The number of carbonyl (C=O) groups excluding carboxylic acids is 1. The lowest BCUT2D eigenvalue weighted by atomic mass is 10.1. The highest BCUT2D eigenvalue weighted by Crippen LogP contribution is 2.29. The molecule has 0 aliphatic heterocycles. The Kier molecular flexibility index (Phi) is 6.05. The van der Waals surface area contributed by atoms with Crippen LogP contribution in [0.4, 0.5) is 5.69 Å². The van der Waals surface area contributed by atoms with Crippen LogP contribution in [-0.4, -0.2) is 19.5 Å². The van der Waals surface area contributed by atoms with Crippen molar-refractivity contribution < 1.29 is 14.3 Å². The van der Waals surface area contributed by atoms with Gasteiger partial charge in [0.05, 0.1) is 13.7 Å². The predicted molar refractivity (Wildman–Crippen MR) is 72.1 cm³/mol. The molecular weight excluding hydrogens is 230 g/mol. The molecule has 100 valence electrons. The summed E-state index contributed by atoms with van der Waals surface area (Å²) < 4.78 is 10.8. The minimum atomic E-state index is 0.246. The van der Waals surface area contributed by atoms with E-state index in [4.69, 9.17) is 15.2 Å². The summed E-state index contributed by atoms with van der Waals surface area (Å²) in [5.74, 6) is 1.60. The Morgan fingerprint density at radius 2 is 2.00 bits per heavy atom. The number of ketones is 1. The molecule has 0 spiro atoms. The van der Waals surface area contributed by atoms with Crippen LogP contribution in [0.25, 0.3) is 0 Å². The lowest BCUT2D eigenvalue weighted by Gasteiger charge is -2.10. The van der Waals surface area contributed by atoms with Crippen LogP contribution < -0.4 is 15.2 Å². The van der Waals surface area contributed by atoms with E-state index < -0.39 is 0 Å². The lowest BCUT2D eigenvalue weighted by molar-refractivity contribution is -0.117. The zero-order valence-corrected chi connectivity index (χ0v) is 11.1. The van der Waals surface area contributed by atoms with Crippen molar-refractivity contribution in [2.24, 2.45) is 0 Å². The third kappa shape index (κ3) is 5.08. The molecular formula is C14H21NO3. The number of ether oxygens (including phenoxy) is 2. The number of anilines is 1. The molecule has 4 heteroatoms. The molecule has 0 atom stereocenters. The molecule has 0 bridgehead atoms. The maximum absolute atomic E-state index is 10.8. The Labute approximate surface area is 108 Å². The Balaban J connectivity index is 2.28. The molecule has 4 nitrogen and oxygen atoms in total. The van der Waals surface area contributed by atoms with Gasteiger partial charge in [0.1, 0.15) is 5.78 Å². The number of nitrogens with two attached hydrogens (primary N) is 1. The number of benzene rings is 1. The third-order valence-electron chi connectivity index (χ3n) is 2.62. The van der Waals surface area contributed by atoms with Gasteiger partial charge >= 0.3 is 0 Å². The van der Waals surface area contributed by atoms with E-state index in [2.05, 4.69) is 0 Å². The summed E-state index contributed by atoms with van der Waals surface area (Å²) in [5.41, 5.74) is 6.31. The van der Waals surface area contributed by atoms with Gasteiger partial charge in [-0.3, -0.25) is 0 Å². The summed E-state index contributed by atoms with van der Waals surface area (Å²) in [6.07, 6.45) is 3.51. The van der Waals surface area contributed by atoms with Crippen LogP contribution >= 0.6 is 0 Å². The maximum Gasteiger partial charge on any atom is 0.162 e. The van der Waals surface area contributed by atoms with Crippen LogP contribution in [0.15, 0.2) is 18.2 Å². The van der Waals surface area contributed by atoms with Crippen LogP contribution in [0.1, 0.15) is 32.6 Å². The van der Waals surface area contributed by atoms with E-state index in [1.165, 1.54) is 0 Å². The van der Waals surface area contributed by atoms with Crippen LogP contribution in [0, 0.1) is 0 Å². The molecule has 0 saturated heterocycles. The van der Waals surface area contributed by atoms with Gasteiger partial charge in [-0.1, -0.05) is 0 Å². The van der Waals surface area contributed by atoms with Gasteiger partial charge in [0.15, 0.2) is 11.5 Å². The molecule has 0 aliphatic carbocycles. The van der Waals surface area contributed by atoms with Crippen LogP contribution in [0.3, 0.4) is 0 Å². The SMILES string of the molecule is COc1cc(N)ccc1OCCCCCC(C)=O. The summed E-state index contributed by atoms with van der Waals surface area (Å²) in [7, 11) is 1.59. The number of methoxy groups -OCH3 is 1. The van der Waals surface area contributed by atoms with Gasteiger partial charge in [-0.25, -0.2) is 0 Å². The van der Waals surface area contributed by atoms with Crippen molar-refractivity contribution in [3.63, 3.8) is 0 Å². The second-order valence-corrected chi connectivity index (χ2v) is 4.27. The zero-order valence-electron chi connectivity index (χ0n) is 11.1. The monoisotopic (exact) mass is 251 g/mol. The van der Waals surface area contributed by atoms with Crippen molar-refractivity contribution in [3.8, 4) is 11.5 Å². The number of carbonyl (C=O) groups is 1. The standard InChI is InChI=1S/C14H21NO3/c1-11(16)6-4-3-5-9-18-13-8-7-12(15)10-14(13)17-2/h7-8,10H,3-6,9,15H2,1-2H3. The minimum absolute atomic E-state index is 0.246. The van der Waals surface area contributed by atoms with E-state index >= 15 is 0 Å². The predicted octanol–water partition coefficient (Wildman–Crippen LogP) is 2.81. The fraction of sp³-hybridized carbons (Fsp3) is 0.500. The number of Topliss-reactive ketones (excluding diaryl/α,β-unsaturated/α-hetero) is 1. The van der Waals surface area contributed by atoms with Gasteiger partial charge in [0, 0.05) is 18.2 Å². The Hall–Kier alpha value is -1.71. The molecule has 0 unspecified atom stereocenters. The van der Waals surface area contributed by atoms with Crippen molar-refractivity contribution in [1.29, 1.82) is 0 Å². The first-order chi connectivity index (χ1) is 8.63. The van der Waals surface area contributed by atoms with E-state index in [1.807, 2.05) is 6.07 Å². The summed E-state index contributed by atoms with van der Waals surface area (Å²) in [5, 5.41) is 0. The van der Waals surface area contributed by atoms with Gasteiger partial charge in [-0.05, 0) is 38.3 Å². The van der Waals surface area contributed by atoms with E-state index in [9.17, 15) is 4.79 Å². The van der Waals surface area contributed by atoms with Gasteiger partial charge in [-0.2, -0.15) is 0 Å². The van der Waals surface area contributed by atoms with E-state index in [-0.39, 0.29) is 5.78 Å². The first-order valence-corrected chi connectivity index (χ1v) is 6.19. The second-order valence-electron chi connectivity index (χ2n) is 4.27. The molecule has 2 N–H and O–H groups in total. The van der Waals surface area contributed by atoms with Gasteiger partial charge < -0.3 is 20.0 Å². The summed E-state index contributed by atoms with van der Waals surface area (Å²) >= 11 is 0. The molecule has 0 aromatic heterocycles. The average Bonchev–Trinajstić information content (AvgIpc) is 2.34. The Bertz CT molecular complexity index is 391. The molecule has 1 aromatic rings. The average molecular weight is 251 g/mol. The summed E-state index contributed by atoms with van der Waals surface area (Å²) in [4.78, 5) is 10.8. The number of hydrogen-bond donors (Lipinski definition) is 1. The molecule has 0 aliphatic rings. The number of unbranched alkanes of at least 4 members (excludes halogenated alkanes) is 2. The molecule has 0 heterocycles. The van der Waals surface area contributed by atoms with Gasteiger partial charge in [0.2, 0.25) is 0 Å². The van der Waals surface area contributed by atoms with Crippen molar-refractivity contribution in [2.45, 2.75) is 32.6 Å². The highest BCUT2D eigenvalue weighted by Gasteiger charge is 2.04. The molecule has 0 radical (unpaired) electrons. The van der Waals surface area contributed by atoms with Gasteiger partial charge in [-0.15, -0.1) is 0 Å². The first kappa shape index (κ1) is 14.4. The lowest BCUT2D eigenvalue weighted by Crippen LogP contribution is -2.00. The van der Waals surface area contributed by atoms with Crippen LogP contribution in [0.2, 0.25) is 0 Å². The molecule has 1 aromatic carbocycles. The smallest absolute Gasteiger partial charge is 0.162 e. The minimum Gasteiger partial charge on any atom is -0.493 e. The second kappa shape index (κ2) is 7.58. The van der Waals surface area contributed by atoms with E-state index in [0.717, 1.165) is 19.3 Å². The topological polar surface area (TPSA) is 61.6 Å². The first-order valence-electron chi connectivity index (χ1n) is 6.19. The van der Waals surface area contributed by atoms with E-state index in [0.29, 0.717) is 30.2 Å². The highest BCUT2D eigenvalue weighted by atomic mass is 16.5. The summed E-state index contributed by atoms with van der Waals surface area (Å²) in [6.45, 7) is 2.24. The normalized spacial score (nSPS) is 10.1. The third-order valence-corrected chi connectivity index (χ3v) is 2.62. The highest BCUT2D eigenvalue weighted by molar-refractivity contribution is 5.75. The van der Waals surface area contributed by atoms with Crippen LogP contribution in [-0.2, 0) is 4.79 Å². The zero-order chi connectivity index (χ0) is 13.4. The Morgan fingerprint density at radius 3 is 2.67 bits per heavy atom. The quantitative estimate of drug-likeness (QED) is 0.570. The van der Waals surface area contributed by atoms with Crippen molar-refractivity contribution in [1.82, 2.24) is 0 Å². The van der Waals surface area contributed by atoms with E-state index in [1.54, 1.807) is 26.2 Å². The molecule has 18 heavy (non-hydrogen) atoms. The molecule has 0 fully saturated rings. The number of nitrogen functional groups attached to an aromatic ring is 1. The molecule has 0 amide bonds. The number of rotatable bonds is 8. The van der Waals surface area contributed by atoms with Gasteiger partial charge in [0.25, 0.3) is 0 Å². The maximum atomic E-state index is 10.8. The van der Waals surface area contributed by atoms with Crippen molar-refractivity contribution in [2.75, 3.05) is 19.5 Å². The van der Waals surface area contributed by atoms with Crippen molar-refractivity contribution in [3.05, 3.63) is 18.2 Å². The fourth-order valence-corrected chi connectivity index (χ4v) is 1.64. The number of hydrogen-bond acceptors (Lipinski definition) is 4. The van der Waals surface area contributed by atoms with Crippen molar-refractivity contribution >= 4 is 11.5 Å². The molecule has 0 saturated carbocycles. The molecule has 1 rings (SSSR count). The Morgan fingerprint density at radius 1 is 1.22 bits per heavy atom. The fourth-order valence-electron chi connectivity index (χ4n) is 1.64. The summed E-state index contributed by atoms with van der Waals surface area (Å²) in [6, 6.07) is 5.34. The van der Waals surface area contributed by atoms with Crippen LogP contribution in [0.5, 0.6) is 11.5 Å². The largest absolute Gasteiger partial charge is 0.493 e.